The summed E-state index contributed by atoms with van der Waals surface area (Å²) in [6.07, 6.45) is 7.58. The number of likely N-dealkylation sites (tertiary alicyclic amines) is 1. The van der Waals surface area contributed by atoms with Gasteiger partial charge < -0.3 is 4.42 Å². The monoisotopic (exact) mass is 329 g/mol. The Balaban J connectivity index is 1.37. The molecule has 6 nitrogen and oxygen atoms in total. The van der Waals surface area contributed by atoms with Crippen molar-refractivity contribution in [2.24, 2.45) is 5.92 Å². The van der Waals surface area contributed by atoms with Crippen molar-refractivity contribution in [2.45, 2.75) is 25.9 Å². The minimum atomic E-state index is 0.633. The molecule has 0 radical (unpaired) electrons. The fourth-order valence-electron chi connectivity index (χ4n) is 3.16. The molecule has 1 saturated heterocycles. The Bertz CT molecular complexity index is 722. The highest BCUT2D eigenvalue weighted by molar-refractivity contribution is 7.13. The first kappa shape index (κ1) is 14.6. The van der Waals surface area contributed by atoms with E-state index >= 15 is 0 Å². The Morgan fingerprint density at radius 1 is 1.39 bits per heavy atom. The van der Waals surface area contributed by atoms with Crippen molar-refractivity contribution in [2.75, 3.05) is 13.1 Å². The van der Waals surface area contributed by atoms with Gasteiger partial charge >= 0.3 is 0 Å². The Labute approximate surface area is 138 Å². The lowest BCUT2D eigenvalue weighted by Crippen LogP contribution is -2.36. The molecule has 0 aliphatic carbocycles. The molecule has 0 unspecified atom stereocenters. The summed E-state index contributed by atoms with van der Waals surface area (Å²) in [7, 11) is 0. The summed E-state index contributed by atoms with van der Waals surface area (Å²) < 4.78 is 7.35. The van der Waals surface area contributed by atoms with Crippen LogP contribution in [0.2, 0.25) is 0 Å². The molecule has 0 amide bonds. The Kier molecular flexibility index (Phi) is 4.21. The van der Waals surface area contributed by atoms with E-state index in [-0.39, 0.29) is 0 Å². The second kappa shape index (κ2) is 6.64. The number of aromatic nitrogens is 4. The molecular weight excluding hydrogens is 310 g/mol. The molecule has 1 aliphatic heterocycles. The van der Waals surface area contributed by atoms with Gasteiger partial charge in [0.25, 0.3) is 0 Å². The van der Waals surface area contributed by atoms with Crippen LogP contribution in [-0.2, 0) is 13.1 Å². The van der Waals surface area contributed by atoms with Crippen LogP contribution < -0.4 is 0 Å². The van der Waals surface area contributed by atoms with Gasteiger partial charge in [-0.25, -0.2) is 9.97 Å². The van der Waals surface area contributed by atoms with Gasteiger partial charge in [-0.2, -0.15) is 5.10 Å². The van der Waals surface area contributed by atoms with Crippen molar-refractivity contribution in [3.8, 4) is 10.8 Å². The van der Waals surface area contributed by atoms with Crippen LogP contribution in [0.5, 0.6) is 0 Å². The summed E-state index contributed by atoms with van der Waals surface area (Å²) >= 11 is 1.65. The molecular formula is C16H19N5OS. The van der Waals surface area contributed by atoms with Crippen molar-refractivity contribution < 1.29 is 4.42 Å². The van der Waals surface area contributed by atoms with Gasteiger partial charge in [0.2, 0.25) is 0 Å². The number of thiazole rings is 1. The molecule has 4 rings (SSSR count). The van der Waals surface area contributed by atoms with E-state index in [9.17, 15) is 0 Å². The van der Waals surface area contributed by atoms with Gasteiger partial charge in [-0.05, 0) is 37.4 Å². The van der Waals surface area contributed by atoms with Crippen LogP contribution in [0.1, 0.15) is 18.5 Å². The van der Waals surface area contributed by atoms with Gasteiger partial charge in [-0.3, -0.25) is 9.58 Å². The molecule has 1 aliphatic rings. The average Bonchev–Trinajstić information content (AvgIpc) is 3.30. The highest BCUT2D eigenvalue weighted by Crippen LogP contribution is 2.26. The number of furan rings is 1. The van der Waals surface area contributed by atoms with Crippen molar-refractivity contribution in [3.05, 3.63) is 42.1 Å². The van der Waals surface area contributed by atoms with Gasteiger partial charge in [-0.15, -0.1) is 11.3 Å². The summed E-state index contributed by atoms with van der Waals surface area (Å²) in [4.78, 5) is 11.2. The van der Waals surface area contributed by atoms with Crippen LogP contribution in [0.15, 0.2) is 40.8 Å². The lowest BCUT2D eigenvalue weighted by Gasteiger charge is -2.32. The summed E-state index contributed by atoms with van der Waals surface area (Å²) in [5.41, 5.74) is 1.13. The van der Waals surface area contributed by atoms with Crippen LogP contribution in [0.4, 0.5) is 0 Å². The topological polar surface area (TPSA) is 60.0 Å². The third-order valence-corrected chi connectivity index (χ3v) is 5.09. The van der Waals surface area contributed by atoms with E-state index in [1.807, 2.05) is 16.8 Å². The largest absolute Gasteiger partial charge is 0.462 e. The number of rotatable bonds is 5. The molecule has 1 fully saturated rings. The minimum Gasteiger partial charge on any atom is -0.462 e. The molecule has 4 heterocycles. The molecule has 1 atom stereocenters. The quantitative estimate of drug-likeness (QED) is 0.720. The van der Waals surface area contributed by atoms with E-state index in [1.165, 1.54) is 12.8 Å². The Hall–Kier alpha value is -1.99. The maximum absolute atomic E-state index is 5.42. The lowest BCUT2D eigenvalue weighted by molar-refractivity contribution is 0.152. The summed E-state index contributed by atoms with van der Waals surface area (Å²) in [5, 5.41) is 7.31. The van der Waals surface area contributed by atoms with Gasteiger partial charge in [0, 0.05) is 25.0 Å². The predicted molar refractivity (Wildman–Crippen MR) is 87.8 cm³/mol. The van der Waals surface area contributed by atoms with E-state index < -0.39 is 0 Å². The molecule has 0 spiro atoms. The molecule has 0 N–H and O–H groups in total. The van der Waals surface area contributed by atoms with E-state index in [0.29, 0.717) is 5.92 Å². The zero-order chi connectivity index (χ0) is 15.5. The standard InChI is InChI=1S/C16H19N5OS/c1-3-13(8-21-12-17-11-18-21)7-20(5-1)9-14-10-23-16(19-14)15-4-2-6-22-15/h2,4,6,10-13H,1,3,5,7-9H2/t13-/m1/s1. The maximum atomic E-state index is 5.42. The first-order valence-electron chi connectivity index (χ1n) is 7.90. The fourth-order valence-corrected chi connectivity index (χ4v) is 3.93. The molecule has 3 aromatic rings. The summed E-state index contributed by atoms with van der Waals surface area (Å²) in [6, 6.07) is 3.85. The van der Waals surface area contributed by atoms with Gasteiger partial charge in [0.15, 0.2) is 10.8 Å². The molecule has 23 heavy (non-hydrogen) atoms. The molecule has 0 aromatic carbocycles. The smallest absolute Gasteiger partial charge is 0.162 e. The van der Waals surface area contributed by atoms with E-state index in [4.69, 9.17) is 9.40 Å². The number of hydrogen-bond acceptors (Lipinski definition) is 6. The van der Waals surface area contributed by atoms with Gasteiger partial charge in [-0.1, -0.05) is 0 Å². The fraction of sp³-hybridized carbons (Fsp3) is 0.438. The van der Waals surface area contributed by atoms with Crippen LogP contribution in [0.3, 0.4) is 0 Å². The average molecular weight is 329 g/mol. The van der Waals surface area contributed by atoms with E-state index in [1.54, 1.807) is 30.3 Å². The highest BCUT2D eigenvalue weighted by Gasteiger charge is 2.21. The van der Waals surface area contributed by atoms with Crippen molar-refractivity contribution in [1.82, 2.24) is 24.6 Å². The summed E-state index contributed by atoms with van der Waals surface area (Å²) in [5.74, 6) is 1.48. The first-order chi connectivity index (χ1) is 11.4. The summed E-state index contributed by atoms with van der Waals surface area (Å²) in [6.45, 7) is 4.09. The number of piperidine rings is 1. The van der Waals surface area contributed by atoms with Crippen LogP contribution in [0, 0.1) is 5.92 Å². The van der Waals surface area contributed by atoms with Crippen LogP contribution in [-0.4, -0.2) is 37.7 Å². The second-order valence-corrected chi connectivity index (χ2v) is 6.84. The Morgan fingerprint density at radius 3 is 3.22 bits per heavy atom. The molecule has 0 bridgehead atoms. The highest BCUT2D eigenvalue weighted by atomic mass is 32.1. The normalized spacial score (nSPS) is 19.2. The van der Waals surface area contributed by atoms with E-state index in [0.717, 1.165) is 42.6 Å². The number of hydrogen-bond donors (Lipinski definition) is 0. The lowest BCUT2D eigenvalue weighted by atomic mass is 9.98. The SMILES string of the molecule is c1coc(-c2nc(CN3CCC[C@@H](Cn4cncn4)C3)cs2)c1. The molecule has 0 saturated carbocycles. The zero-order valence-electron chi connectivity index (χ0n) is 12.8. The maximum Gasteiger partial charge on any atom is 0.162 e. The first-order valence-corrected chi connectivity index (χ1v) is 8.78. The second-order valence-electron chi connectivity index (χ2n) is 5.98. The third kappa shape index (κ3) is 3.51. The van der Waals surface area contributed by atoms with Gasteiger partial charge in [0.1, 0.15) is 12.7 Å². The van der Waals surface area contributed by atoms with Crippen LogP contribution in [0.25, 0.3) is 10.8 Å². The van der Waals surface area contributed by atoms with Crippen molar-refractivity contribution >= 4 is 11.3 Å². The van der Waals surface area contributed by atoms with Crippen molar-refractivity contribution in [3.63, 3.8) is 0 Å². The van der Waals surface area contributed by atoms with Gasteiger partial charge in [0.05, 0.1) is 12.0 Å². The minimum absolute atomic E-state index is 0.633. The van der Waals surface area contributed by atoms with Crippen LogP contribution >= 0.6 is 11.3 Å². The third-order valence-electron chi connectivity index (χ3n) is 4.18. The van der Waals surface area contributed by atoms with Crippen molar-refractivity contribution in [1.29, 1.82) is 0 Å². The Morgan fingerprint density at radius 2 is 2.39 bits per heavy atom. The zero-order valence-corrected chi connectivity index (χ0v) is 13.7. The van der Waals surface area contributed by atoms with E-state index in [2.05, 4.69) is 20.4 Å². The number of nitrogens with zero attached hydrogens (tertiary/aromatic N) is 5. The molecule has 7 heteroatoms. The molecule has 3 aromatic heterocycles. The predicted octanol–water partition coefficient (Wildman–Crippen LogP) is 2.91. The molecule has 120 valence electrons.